The third kappa shape index (κ3) is 5.16. The van der Waals surface area contributed by atoms with E-state index in [1.165, 1.54) is 36.0 Å². The van der Waals surface area contributed by atoms with Crippen LogP contribution in [0.4, 0.5) is 0 Å². The summed E-state index contributed by atoms with van der Waals surface area (Å²) in [5.74, 6) is -0.700. The molecule has 0 spiro atoms. The van der Waals surface area contributed by atoms with Gasteiger partial charge in [-0.2, -0.15) is 0 Å². The minimum absolute atomic E-state index is 0.0866. The highest BCUT2D eigenvalue weighted by molar-refractivity contribution is 5.66. The first-order valence-electron chi connectivity index (χ1n) is 7.99. The van der Waals surface area contributed by atoms with Crippen molar-refractivity contribution >= 4 is 5.97 Å². The van der Waals surface area contributed by atoms with Crippen LogP contribution < -0.4 is 5.32 Å². The van der Waals surface area contributed by atoms with Crippen molar-refractivity contribution < 1.29 is 9.90 Å². The molecule has 2 N–H and O–H groups in total. The van der Waals surface area contributed by atoms with Gasteiger partial charge in [0.25, 0.3) is 0 Å². The summed E-state index contributed by atoms with van der Waals surface area (Å²) in [4.78, 5) is 10.6. The zero-order valence-electron chi connectivity index (χ0n) is 13.2. The van der Waals surface area contributed by atoms with E-state index in [0.29, 0.717) is 0 Å². The fraction of sp³-hybridized carbons (Fsp3) is 0.611. The van der Waals surface area contributed by atoms with Crippen LogP contribution in [-0.2, 0) is 24.2 Å². The second-order valence-electron chi connectivity index (χ2n) is 6.94. The SMILES string of the molecule is CC(C)(CCNCc1ccc2c(c1)CCC2)CCC(=O)O. The van der Waals surface area contributed by atoms with Crippen molar-refractivity contribution in [3.8, 4) is 0 Å². The third-order valence-electron chi connectivity index (χ3n) is 4.49. The largest absolute Gasteiger partial charge is 0.481 e. The van der Waals surface area contributed by atoms with Gasteiger partial charge in [0, 0.05) is 13.0 Å². The standard InChI is InChI=1S/C18H27NO2/c1-18(2,9-8-17(20)21)10-11-19-13-14-6-7-15-4-3-5-16(15)12-14/h6-7,12,19H,3-5,8-11,13H2,1-2H3,(H,20,21). The van der Waals surface area contributed by atoms with Gasteiger partial charge in [-0.25, -0.2) is 0 Å². The predicted molar refractivity (Wildman–Crippen MR) is 85.4 cm³/mol. The highest BCUT2D eigenvalue weighted by atomic mass is 16.4. The fourth-order valence-corrected chi connectivity index (χ4v) is 2.96. The molecule has 21 heavy (non-hydrogen) atoms. The molecular formula is C18H27NO2. The number of hydrogen-bond donors (Lipinski definition) is 2. The molecule has 0 unspecified atom stereocenters. The molecule has 0 aliphatic heterocycles. The summed E-state index contributed by atoms with van der Waals surface area (Å²) in [5, 5.41) is 12.2. The highest BCUT2D eigenvalue weighted by Crippen LogP contribution is 2.26. The Bertz CT molecular complexity index is 494. The zero-order chi connectivity index (χ0) is 15.3. The van der Waals surface area contributed by atoms with Crippen molar-refractivity contribution in [3.63, 3.8) is 0 Å². The van der Waals surface area contributed by atoms with E-state index < -0.39 is 5.97 Å². The Morgan fingerprint density at radius 2 is 2.00 bits per heavy atom. The summed E-state index contributed by atoms with van der Waals surface area (Å²) >= 11 is 0. The number of nitrogens with one attached hydrogen (secondary N) is 1. The van der Waals surface area contributed by atoms with Crippen molar-refractivity contribution in [2.24, 2.45) is 5.41 Å². The number of aryl methyl sites for hydroxylation is 2. The second-order valence-corrected chi connectivity index (χ2v) is 6.94. The van der Waals surface area contributed by atoms with E-state index in [1.807, 2.05) is 0 Å². The van der Waals surface area contributed by atoms with E-state index in [4.69, 9.17) is 5.11 Å². The van der Waals surface area contributed by atoms with Crippen LogP contribution in [0.3, 0.4) is 0 Å². The first-order valence-corrected chi connectivity index (χ1v) is 7.99. The van der Waals surface area contributed by atoms with Gasteiger partial charge in [-0.1, -0.05) is 32.0 Å². The minimum Gasteiger partial charge on any atom is -0.481 e. The summed E-state index contributed by atoms with van der Waals surface area (Å²) in [6.45, 7) is 6.13. The average Bonchev–Trinajstić information content (AvgIpc) is 2.89. The molecule has 1 aliphatic carbocycles. The monoisotopic (exact) mass is 289 g/mol. The molecule has 0 heterocycles. The Labute approximate surface area is 127 Å². The Morgan fingerprint density at radius 1 is 1.24 bits per heavy atom. The fourth-order valence-electron chi connectivity index (χ4n) is 2.96. The summed E-state index contributed by atoms with van der Waals surface area (Å²) in [7, 11) is 0. The van der Waals surface area contributed by atoms with E-state index in [-0.39, 0.29) is 11.8 Å². The molecule has 0 atom stereocenters. The van der Waals surface area contributed by atoms with Crippen LogP contribution in [0.2, 0.25) is 0 Å². The van der Waals surface area contributed by atoms with E-state index in [1.54, 1.807) is 0 Å². The van der Waals surface area contributed by atoms with Gasteiger partial charge in [-0.3, -0.25) is 4.79 Å². The first-order chi connectivity index (χ1) is 9.96. The Kier molecular flexibility index (Phi) is 5.40. The number of benzene rings is 1. The Balaban J connectivity index is 1.71. The van der Waals surface area contributed by atoms with Gasteiger partial charge in [-0.05, 0) is 60.8 Å². The van der Waals surface area contributed by atoms with Crippen LogP contribution >= 0.6 is 0 Å². The van der Waals surface area contributed by atoms with Crippen molar-refractivity contribution in [1.82, 2.24) is 5.32 Å². The lowest BCUT2D eigenvalue weighted by molar-refractivity contribution is -0.137. The molecular weight excluding hydrogens is 262 g/mol. The molecule has 1 aromatic carbocycles. The van der Waals surface area contributed by atoms with E-state index in [9.17, 15) is 4.79 Å². The molecule has 0 bridgehead atoms. The molecule has 0 aromatic heterocycles. The molecule has 0 saturated heterocycles. The van der Waals surface area contributed by atoms with E-state index >= 15 is 0 Å². The van der Waals surface area contributed by atoms with Crippen LogP contribution in [0.15, 0.2) is 18.2 Å². The third-order valence-corrected chi connectivity index (χ3v) is 4.49. The molecule has 3 nitrogen and oxygen atoms in total. The van der Waals surface area contributed by atoms with Gasteiger partial charge in [0.1, 0.15) is 0 Å². The molecule has 0 fully saturated rings. The van der Waals surface area contributed by atoms with Gasteiger partial charge < -0.3 is 10.4 Å². The number of carboxylic acids is 1. The molecule has 1 aromatic rings. The molecule has 3 heteroatoms. The van der Waals surface area contributed by atoms with Crippen molar-refractivity contribution in [2.45, 2.75) is 58.9 Å². The normalized spacial score (nSPS) is 14.2. The van der Waals surface area contributed by atoms with Crippen LogP contribution in [0.25, 0.3) is 0 Å². The number of carboxylic acid groups (broad SMARTS) is 1. The molecule has 0 saturated carbocycles. The topological polar surface area (TPSA) is 49.3 Å². The lowest BCUT2D eigenvalue weighted by Gasteiger charge is -2.24. The van der Waals surface area contributed by atoms with E-state index in [0.717, 1.165) is 25.9 Å². The minimum atomic E-state index is -0.700. The molecule has 2 rings (SSSR count). The van der Waals surface area contributed by atoms with Crippen LogP contribution in [0, 0.1) is 5.41 Å². The molecule has 116 valence electrons. The summed E-state index contributed by atoms with van der Waals surface area (Å²) in [5.41, 5.74) is 4.49. The number of carbonyl (C=O) groups is 1. The Hall–Kier alpha value is -1.35. The average molecular weight is 289 g/mol. The van der Waals surface area contributed by atoms with Gasteiger partial charge in [-0.15, -0.1) is 0 Å². The van der Waals surface area contributed by atoms with Crippen LogP contribution in [0.1, 0.15) is 56.2 Å². The van der Waals surface area contributed by atoms with Crippen molar-refractivity contribution in [3.05, 3.63) is 34.9 Å². The first kappa shape index (κ1) is 16.0. The summed E-state index contributed by atoms with van der Waals surface area (Å²) in [6, 6.07) is 6.84. The summed E-state index contributed by atoms with van der Waals surface area (Å²) in [6.07, 6.45) is 5.77. The van der Waals surface area contributed by atoms with Crippen LogP contribution in [0.5, 0.6) is 0 Å². The van der Waals surface area contributed by atoms with E-state index in [2.05, 4.69) is 37.4 Å². The zero-order valence-corrected chi connectivity index (χ0v) is 13.2. The van der Waals surface area contributed by atoms with Gasteiger partial charge in [0.2, 0.25) is 0 Å². The lowest BCUT2D eigenvalue weighted by atomic mass is 9.84. The molecule has 1 aliphatic rings. The van der Waals surface area contributed by atoms with Gasteiger partial charge >= 0.3 is 5.97 Å². The molecule has 0 amide bonds. The second kappa shape index (κ2) is 7.08. The maximum Gasteiger partial charge on any atom is 0.303 e. The maximum atomic E-state index is 10.6. The smallest absolute Gasteiger partial charge is 0.303 e. The number of aliphatic carboxylic acids is 1. The van der Waals surface area contributed by atoms with Gasteiger partial charge in [0.15, 0.2) is 0 Å². The summed E-state index contributed by atoms with van der Waals surface area (Å²) < 4.78 is 0. The Morgan fingerprint density at radius 3 is 2.76 bits per heavy atom. The maximum absolute atomic E-state index is 10.6. The van der Waals surface area contributed by atoms with Crippen LogP contribution in [-0.4, -0.2) is 17.6 Å². The molecule has 0 radical (unpaired) electrons. The number of hydrogen-bond acceptors (Lipinski definition) is 2. The number of fused-ring (bicyclic) bond motifs is 1. The van der Waals surface area contributed by atoms with Crippen molar-refractivity contribution in [2.75, 3.05) is 6.54 Å². The van der Waals surface area contributed by atoms with Crippen molar-refractivity contribution in [1.29, 1.82) is 0 Å². The predicted octanol–water partition coefficient (Wildman–Crippen LogP) is 3.55. The van der Waals surface area contributed by atoms with Gasteiger partial charge in [0.05, 0.1) is 0 Å². The lowest BCUT2D eigenvalue weighted by Crippen LogP contribution is -2.23. The highest BCUT2D eigenvalue weighted by Gasteiger charge is 2.18. The number of rotatable bonds is 8. The quantitative estimate of drug-likeness (QED) is 0.720.